The summed E-state index contributed by atoms with van der Waals surface area (Å²) in [6.45, 7) is 0.548. The Hall–Kier alpha value is -1.55. The second-order valence-corrected chi connectivity index (χ2v) is 4.79. The van der Waals surface area contributed by atoms with E-state index >= 15 is 0 Å². The predicted octanol–water partition coefficient (Wildman–Crippen LogP) is 2.72. The molecule has 0 bridgehead atoms. The zero-order chi connectivity index (χ0) is 12.3. The van der Waals surface area contributed by atoms with Crippen molar-refractivity contribution in [2.24, 2.45) is 7.05 Å². The van der Waals surface area contributed by atoms with Gasteiger partial charge in [0.2, 0.25) is 0 Å². The number of aromatic nitrogens is 1. The molecule has 0 spiro atoms. The van der Waals surface area contributed by atoms with Gasteiger partial charge in [-0.3, -0.25) is 4.79 Å². The van der Waals surface area contributed by atoms with Gasteiger partial charge in [-0.05, 0) is 29.8 Å². The molecule has 2 rings (SSSR count). The topological polar surface area (TPSA) is 34.0 Å². The molecule has 0 fully saturated rings. The summed E-state index contributed by atoms with van der Waals surface area (Å²) in [7, 11) is 1.96. The maximum Gasteiger partial charge on any atom is 0.251 e. The maximum absolute atomic E-state index is 11.8. The molecule has 0 radical (unpaired) electrons. The number of benzene rings is 1. The Morgan fingerprint density at radius 3 is 2.88 bits per heavy atom. The van der Waals surface area contributed by atoms with E-state index in [2.05, 4.69) is 21.2 Å². The number of nitrogens with zero attached hydrogens (tertiary/aromatic N) is 1. The second-order valence-electron chi connectivity index (χ2n) is 3.88. The number of halogens is 1. The first-order valence-corrected chi connectivity index (χ1v) is 6.09. The van der Waals surface area contributed by atoms with Crippen LogP contribution in [-0.2, 0) is 13.6 Å². The van der Waals surface area contributed by atoms with E-state index in [1.165, 1.54) is 0 Å². The zero-order valence-corrected chi connectivity index (χ0v) is 11.1. The normalized spacial score (nSPS) is 10.2. The molecule has 0 aliphatic carbocycles. The molecular weight excluding hydrogens is 280 g/mol. The van der Waals surface area contributed by atoms with Crippen LogP contribution in [0.2, 0.25) is 0 Å². The van der Waals surface area contributed by atoms with Crippen molar-refractivity contribution >= 4 is 21.8 Å². The third kappa shape index (κ3) is 3.20. The summed E-state index contributed by atoms with van der Waals surface area (Å²) < 4.78 is 2.87. The molecule has 0 atom stereocenters. The molecule has 3 nitrogen and oxygen atoms in total. The summed E-state index contributed by atoms with van der Waals surface area (Å²) in [6, 6.07) is 9.34. The van der Waals surface area contributed by atoms with Gasteiger partial charge in [0.05, 0.1) is 0 Å². The molecule has 0 aliphatic rings. The summed E-state index contributed by atoms with van der Waals surface area (Å²) in [5.41, 5.74) is 1.76. The first-order valence-electron chi connectivity index (χ1n) is 5.30. The quantitative estimate of drug-likeness (QED) is 0.927. The van der Waals surface area contributed by atoms with Crippen molar-refractivity contribution in [1.29, 1.82) is 0 Å². The van der Waals surface area contributed by atoms with Crippen LogP contribution in [-0.4, -0.2) is 10.5 Å². The third-order valence-corrected chi connectivity index (χ3v) is 2.93. The lowest BCUT2D eigenvalue weighted by molar-refractivity contribution is 0.0951. The van der Waals surface area contributed by atoms with Crippen molar-refractivity contribution in [1.82, 2.24) is 9.88 Å². The standard InChI is InChI=1S/C13H13BrN2O/c1-16-6-5-10(9-16)8-15-13(17)11-3-2-4-12(14)7-11/h2-7,9H,8H2,1H3,(H,15,17). The summed E-state index contributed by atoms with van der Waals surface area (Å²) >= 11 is 3.35. The Labute approximate surface area is 109 Å². The number of carbonyl (C=O) groups excluding carboxylic acids is 1. The number of rotatable bonds is 3. The molecule has 0 saturated carbocycles. The number of hydrogen-bond donors (Lipinski definition) is 1. The van der Waals surface area contributed by atoms with Crippen LogP contribution in [0.4, 0.5) is 0 Å². The first kappa shape index (κ1) is 11.9. The van der Waals surface area contributed by atoms with Gasteiger partial charge in [0.15, 0.2) is 0 Å². The molecule has 0 unspecified atom stereocenters. The zero-order valence-electron chi connectivity index (χ0n) is 9.48. The Morgan fingerprint density at radius 1 is 1.41 bits per heavy atom. The molecule has 4 heteroatoms. The van der Waals surface area contributed by atoms with Crippen molar-refractivity contribution in [2.45, 2.75) is 6.54 Å². The average Bonchev–Trinajstić information content (AvgIpc) is 2.72. The lowest BCUT2D eigenvalue weighted by Crippen LogP contribution is -2.22. The molecule has 1 N–H and O–H groups in total. The molecule has 0 aliphatic heterocycles. The molecule has 0 saturated heterocycles. The van der Waals surface area contributed by atoms with Crippen molar-refractivity contribution in [3.8, 4) is 0 Å². The number of amides is 1. The molecular formula is C13H13BrN2O. The van der Waals surface area contributed by atoms with E-state index in [0.29, 0.717) is 12.1 Å². The van der Waals surface area contributed by atoms with E-state index in [1.54, 1.807) is 12.1 Å². The lowest BCUT2D eigenvalue weighted by Gasteiger charge is -2.04. The molecule has 1 amide bonds. The minimum atomic E-state index is -0.0600. The monoisotopic (exact) mass is 292 g/mol. The number of hydrogen-bond acceptors (Lipinski definition) is 1. The van der Waals surface area contributed by atoms with Crippen LogP contribution < -0.4 is 5.32 Å². The number of aryl methyl sites for hydroxylation is 1. The van der Waals surface area contributed by atoms with Crippen LogP contribution in [0.3, 0.4) is 0 Å². The van der Waals surface area contributed by atoms with Gasteiger partial charge in [-0.25, -0.2) is 0 Å². The van der Waals surface area contributed by atoms with Crippen molar-refractivity contribution in [3.63, 3.8) is 0 Å². The minimum Gasteiger partial charge on any atom is -0.357 e. The highest BCUT2D eigenvalue weighted by Gasteiger charge is 2.05. The molecule has 1 aromatic heterocycles. The highest BCUT2D eigenvalue weighted by Crippen LogP contribution is 2.11. The van der Waals surface area contributed by atoms with Crippen molar-refractivity contribution < 1.29 is 4.79 Å². The summed E-state index contributed by atoms with van der Waals surface area (Å²) in [4.78, 5) is 11.8. The molecule has 17 heavy (non-hydrogen) atoms. The smallest absolute Gasteiger partial charge is 0.251 e. The van der Waals surface area contributed by atoms with E-state index in [4.69, 9.17) is 0 Å². The van der Waals surface area contributed by atoms with Gasteiger partial charge >= 0.3 is 0 Å². The minimum absolute atomic E-state index is 0.0600. The molecule has 1 aromatic carbocycles. The fourth-order valence-corrected chi connectivity index (χ4v) is 1.98. The Kier molecular flexibility index (Phi) is 3.64. The van der Waals surface area contributed by atoms with Gasteiger partial charge in [0.1, 0.15) is 0 Å². The largest absolute Gasteiger partial charge is 0.357 e. The molecule has 2 aromatic rings. The average molecular weight is 293 g/mol. The van der Waals surface area contributed by atoms with Crippen LogP contribution in [0.1, 0.15) is 15.9 Å². The van der Waals surface area contributed by atoms with Gasteiger partial charge in [-0.2, -0.15) is 0 Å². The van der Waals surface area contributed by atoms with Crippen LogP contribution >= 0.6 is 15.9 Å². The van der Waals surface area contributed by atoms with Gasteiger partial charge in [0, 0.05) is 36.0 Å². The summed E-state index contributed by atoms with van der Waals surface area (Å²) in [6.07, 6.45) is 3.95. The molecule has 1 heterocycles. The highest BCUT2D eigenvalue weighted by atomic mass is 79.9. The highest BCUT2D eigenvalue weighted by molar-refractivity contribution is 9.10. The van der Waals surface area contributed by atoms with Gasteiger partial charge in [-0.15, -0.1) is 0 Å². The first-order chi connectivity index (χ1) is 8.15. The Bertz CT molecular complexity index is 534. The van der Waals surface area contributed by atoms with E-state index in [1.807, 2.05) is 42.2 Å². The SMILES string of the molecule is Cn1ccc(CNC(=O)c2cccc(Br)c2)c1. The van der Waals surface area contributed by atoms with Crippen LogP contribution in [0.15, 0.2) is 47.2 Å². The maximum atomic E-state index is 11.8. The van der Waals surface area contributed by atoms with Crippen LogP contribution in [0, 0.1) is 0 Å². The van der Waals surface area contributed by atoms with E-state index < -0.39 is 0 Å². The van der Waals surface area contributed by atoms with Crippen molar-refractivity contribution in [3.05, 3.63) is 58.3 Å². The van der Waals surface area contributed by atoms with Gasteiger partial charge < -0.3 is 9.88 Å². The number of nitrogens with one attached hydrogen (secondary N) is 1. The van der Waals surface area contributed by atoms with Gasteiger partial charge in [-0.1, -0.05) is 22.0 Å². The fourth-order valence-electron chi connectivity index (χ4n) is 1.58. The van der Waals surface area contributed by atoms with E-state index in [0.717, 1.165) is 10.0 Å². The summed E-state index contributed by atoms with van der Waals surface area (Å²) in [5, 5.41) is 2.88. The Morgan fingerprint density at radius 2 is 2.24 bits per heavy atom. The van der Waals surface area contributed by atoms with Crippen LogP contribution in [0.5, 0.6) is 0 Å². The second kappa shape index (κ2) is 5.19. The van der Waals surface area contributed by atoms with Gasteiger partial charge in [0.25, 0.3) is 5.91 Å². The Balaban J connectivity index is 1.98. The van der Waals surface area contributed by atoms with Crippen molar-refractivity contribution in [2.75, 3.05) is 0 Å². The molecule has 88 valence electrons. The predicted molar refractivity (Wildman–Crippen MR) is 70.7 cm³/mol. The lowest BCUT2D eigenvalue weighted by atomic mass is 10.2. The number of carbonyl (C=O) groups is 1. The summed E-state index contributed by atoms with van der Waals surface area (Å²) in [5.74, 6) is -0.0600. The van der Waals surface area contributed by atoms with E-state index in [9.17, 15) is 4.79 Å². The third-order valence-electron chi connectivity index (χ3n) is 2.43. The van der Waals surface area contributed by atoms with Crippen LogP contribution in [0.25, 0.3) is 0 Å². The van der Waals surface area contributed by atoms with E-state index in [-0.39, 0.29) is 5.91 Å². The fraction of sp³-hybridized carbons (Fsp3) is 0.154.